The first-order chi connectivity index (χ1) is 9.46. The van der Waals surface area contributed by atoms with E-state index in [2.05, 4.69) is 10.0 Å². The number of hydrogen-bond acceptors (Lipinski definition) is 3. The molecule has 0 amide bonds. The van der Waals surface area contributed by atoms with E-state index in [4.69, 9.17) is 0 Å². The Kier molecular flexibility index (Phi) is 5.27. The van der Waals surface area contributed by atoms with Crippen LogP contribution in [0.5, 0.6) is 0 Å². The van der Waals surface area contributed by atoms with Crippen molar-refractivity contribution < 1.29 is 21.6 Å². The Morgan fingerprint density at radius 2 is 1.67 bits per heavy atom. The zero-order valence-electron chi connectivity index (χ0n) is 12.3. The van der Waals surface area contributed by atoms with E-state index in [9.17, 15) is 21.6 Å². The lowest BCUT2D eigenvalue weighted by atomic mass is 10.1. The minimum Gasteiger partial charge on any atom is -0.388 e. The van der Waals surface area contributed by atoms with Crippen LogP contribution >= 0.6 is 0 Å². The molecule has 1 atom stereocenters. The second-order valence-corrected chi connectivity index (χ2v) is 6.68. The van der Waals surface area contributed by atoms with E-state index in [1.54, 1.807) is 33.0 Å². The molecule has 1 rings (SSSR count). The molecule has 0 bridgehead atoms. The quantitative estimate of drug-likeness (QED) is 0.875. The largest absolute Gasteiger partial charge is 0.390 e. The summed E-state index contributed by atoms with van der Waals surface area (Å²) in [4.78, 5) is 0.0236. The standard InChI is InChI=1S/C13H19F3N2O2S/c1-8-5-11(17-4)6-9(2)12(8)21(19,20)18-10(3)7-13(14,15)16/h5-6,10,17-18H,7H2,1-4H3. The highest BCUT2D eigenvalue weighted by Gasteiger charge is 2.32. The second-order valence-electron chi connectivity index (χ2n) is 5.03. The van der Waals surface area contributed by atoms with Crippen LogP contribution in [0, 0.1) is 13.8 Å². The highest BCUT2D eigenvalue weighted by Crippen LogP contribution is 2.26. The molecule has 2 N–H and O–H groups in total. The van der Waals surface area contributed by atoms with Crippen LogP contribution in [0.3, 0.4) is 0 Å². The maximum atomic E-state index is 12.3. The molecule has 120 valence electrons. The van der Waals surface area contributed by atoms with Gasteiger partial charge < -0.3 is 5.32 Å². The van der Waals surface area contributed by atoms with Gasteiger partial charge >= 0.3 is 6.18 Å². The molecule has 4 nitrogen and oxygen atoms in total. The number of aryl methyl sites for hydroxylation is 2. The van der Waals surface area contributed by atoms with Gasteiger partial charge in [-0.25, -0.2) is 13.1 Å². The fourth-order valence-electron chi connectivity index (χ4n) is 2.23. The van der Waals surface area contributed by atoms with Gasteiger partial charge in [-0.1, -0.05) is 0 Å². The summed E-state index contributed by atoms with van der Waals surface area (Å²) >= 11 is 0. The first-order valence-electron chi connectivity index (χ1n) is 6.34. The molecule has 1 aromatic rings. The summed E-state index contributed by atoms with van der Waals surface area (Å²) in [5.41, 5.74) is 1.70. The van der Waals surface area contributed by atoms with Crippen molar-refractivity contribution in [3.63, 3.8) is 0 Å². The molecule has 0 radical (unpaired) electrons. The lowest BCUT2D eigenvalue weighted by Crippen LogP contribution is -2.36. The van der Waals surface area contributed by atoms with Gasteiger partial charge in [-0.05, 0) is 44.0 Å². The molecular weight excluding hydrogens is 305 g/mol. The molecule has 1 unspecified atom stereocenters. The molecule has 8 heteroatoms. The summed E-state index contributed by atoms with van der Waals surface area (Å²) in [5, 5.41) is 2.90. The van der Waals surface area contributed by atoms with Crippen LogP contribution in [-0.2, 0) is 10.0 Å². The highest BCUT2D eigenvalue weighted by atomic mass is 32.2. The lowest BCUT2D eigenvalue weighted by molar-refractivity contribution is -0.137. The van der Waals surface area contributed by atoms with Crippen molar-refractivity contribution >= 4 is 15.7 Å². The Bertz CT molecular complexity index is 589. The van der Waals surface area contributed by atoms with Gasteiger partial charge in [0.15, 0.2) is 0 Å². The predicted molar refractivity (Wildman–Crippen MR) is 75.9 cm³/mol. The third kappa shape index (κ3) is 4.89. The van der Waals surface area contributed by atoms with Crippen LogP contribution in [0.4, 0.5) is 18.9 Å². The molecule has 0 aliphatic carbocycles. The fraction of sp³-hybridized carbons (Fsp3) is 0.538. The van der Waals surface area contributed by atoms with Crippen molar-refractivity contribution in [2.24, 2.45) is 0 Å². The molecule has 21 heavy (non-hydrogen) atoms. The average Bonchev–Trinajstić information content (AvgIpc) is 2.23. The number of hydrogen-bond donors (Lipinski definition) is 2. The van der Waals surface area contributed by atoms with Crippen LogP contribution in [-0.4, -0.2) is 27.7 Å². The summed E-state index contributed by atoms with van der Waals surface area (Å²) in [7, 11) is -2.30. The van der Waals surface area contributed by atoms with Gasteiger partial charge in [0.2, 0.25) is 10.0 Å². The molecule has 0 saturated heterocycles. The second kappa shape index (κ2) is 6.23. The van der Waals surface area contributed by atoms with Gasteiger partial charge in [-0.3, -0.25) is 0 Å². The highest BCUT2D eigenvalue weighted by molar-refractivity contribution is 7.89. The zero-order valence-corrected chi connectivity index (χ0v) is 13.1. The monoisotopic (exact) mass is 324 g/mol. The third-order valence-electron chi connectivity index (χ3n) is 2.91. The molecule has 0 fully saturated rings. The minimum absolute atomic E-state index is 0.0236. The number of nitrogens with one attached hydrogen (secondary N) is 2. The fourth-order valence-corrected chi connectivity index (χ4v) is 3.93. The zero-order chi connectivity index (χ0) is 16.4. The molecular formula is C13H19F3N2O2S. The molecule has 0 aliphatic rings. The van der Waals surface area contributed by atoms with Gasteiger partial charge in [0.05, 0.1) is 11.3 Å². The minimum atomic E-state index is -4.41. The van der Waals surface area contributed by atoms with Crippen LogP contribution in [0.2, 0.25) is 0 Å². The van der Waals surface area contributed by atoms with Crippen molar-refractivity contribution in [3.8, 4) is 0 Å². The summed E-state index contributed by atoms with van der Waals surface area (Å²) in [6.07, 6.45) is -5.62. The van der Waals surface area contributed by atoms with E-state index < -0.39 is 28.7 Å². The van der Waals surface area contributed by atoms with Crippen molar-refractivity contribution in [2.45, 2.75) is 44.3 Å². The number of benzene rings is 1. The van der Waals surface area contributed by atoms with E-state index in [0.717, 1.165) is 5.69 Å². The first-order valence-corrected chi connectivity index (χ1v) is 7.82. The number of halogens is 3. The number of anilines is 1. The Labute approximate surface area is 122 Å². The van der Waals surface area contributed by atoms with Gasteiger partial charge in [0.1, 0.15) is 0 Å². The number of sulfonamides is 1. The summed E-state index contributed by atoms with van der Waals surface area (Å²) in [5.74, 6) is 0. The number of alkyl halides is 3. The van der Waals surface area contributed by atoms with E-state index >= 15 is 0 Å². The van der Waals surface area contributed by atoms with E-state index in [0.29, 0.717) is 11.1 Å². The number of rotatable bonds is 5. The van der Waals surface area contributed by atoms with Gasteiger partial charge in [-0.15, -0.1) is 0 Å². The molecule has 0 aliphatic heterocycles. The van der Waals surface area contributed by atoms with Crippen molar-refractivity contribution in [2.75, 3.05) is 12.4 Å². The summed E-state index contributed by atoms with van der Waals surface area (Å²) in [6.45, 7) is 4.41. The van der Waals surface area contributed by atoms with Crippen LogP contribution in [0.15, 0.2) is 17.0 Å². The Hall–Kier alpha value is -1.28. The van der Waals surface area contributed by atoms with Crippen molar-refractivity contribution in [1.29, 1.82) is 0 Å². The first kappa shape index (κ1) is 17.8. The van der Waals surface area contributed by atoms with Crippen LogP contribution < -0.4 is 10.0 Å². The topological polar surface area (TPSA) is 58.2 Å². The lowest BCUT2D eigenvalue weighted by Gasteiger charge is -2.18. The van der Waals surface area contributed by atoms with E-state index in [1.165, 1.54) is 6.92 Å². The van der Waals surface area contributed by atoms with Crippen LogP contribution in [0.1, 0.15) is 24.5 Å². The van der Waals surface area contributed by atoms with E-state index in [1.807, 2.05) is 0 Å². The SMILES string of the molecule is CNc1cc(C)c(S(=O)(=O)NC(C)CC(F)(F)F)c(C)c1. The summed E-state index contributed by atoms with van der Waals surface area (Å²) in [6, 6.07) is 2.05. The normalized spacial score (nSPS) is 14.0. The summed E-state index contributed by atoms with van der Waals surface area (Å²) < 4.78 is 63.5. The van der Waals surface area contributed by atoms with Gasteiger partial charge in [-0.2, -0.15) is 13.2 Å². The molecule has 0 saturated carbocycles. The molecule has 0 heterocycles. The molecule has 1 aromatic carbocycles. The predicted octanol–water partition coefficient (Wildman–Crippen LogP) is 2.96. The maximum Gasteiger partial charge on any atom is 0.390 e. The molecule has 0 aromatic heterocycles. The van der Waals surface area contributed by atoms with Crippen LogP contribution in [0.25, 0.3) is 0 Å². The van der Waals surface area contributed by atoms with E-state index in [-0.39, 0.29) is 4.90 Å². The average molecular weight is 324 g/mol. The van der Waals surface area contributed by atoms with Crippen molar-refractivity contribution in [3.05, 3.63) is 23.3 Å². The third-order valence-corrected chi connectivity index (χ3v) is 4.81. The maximum absolute atomic E-state index is 12.3. The van der Waals surface area contributed by atoms with Gasteiger partial charge in [0.25, 0.3) is 0 Å². The smallest absolute Gasteiger partial charge is 0.388 e. The van der Waals surface area contributed by atoms with Crippen molar-refractivity contribution in [1.82, 2.24) is 4.72 Å². The Morgan fingerprint density at radius 3 is 2.05 bits per heavy atom. The van der Waals surface area contributed by atoms with Gasteiger partial charge in [0, 0.05) is 18.8 Å². The Morgan fingerprint density at radius 1 is 1.19 bits per heavy atom. The molecule has 0 spiro atoms. The Balaban J connectivity index is 3.09.